The van der Waals surface area contributed by atoms with Crippen molar-refractivity contribution in [2.45, 2.75) is 19.1 Å². The van der Waals surface area contributed by atoms with Gasteiger partial charge in [0.2, 0.25) is 0 Å². The predicted molar refractivity (Wildman–Crippen MR) is 79.8 cm³/mol. The van der Waals surface area contributed by atoms with Crippen LogP contribution >= 0.6 is 0 Å². The average molecular weight is 273 g/mol. The van der Waals surface area contributed by atoms with E-state index in [-0.39, 0.29) is 18.8 Å². The number of hydrogen-bond acceptors (Lipinski definition) is 5. The third-order valence-electron chi connectivity index (χ3n) is 3.61. The van der Waals surface area contributed by atoms with Crippen LogP contribution in [-0.2, 0) is 4.74 Å². The number of rotatable bonds is 2. The lowest BCUT2D eigenvalue weighted by atomic mass is 10.1. The number of aliphatic hydroxyl groups is 1. The third-order valence-corrected chi connectivity index (χ3v) is 3.61. The number of ether oxygens (including phenoxy) is 1. The lowest BCUT2D eigenvalue weighted by Crippen LogP contribution is -2.48. The SMILES string of the molecule is CC1CN(c2ccnc3cc(N)ccc23)CC(CO)O1. The predicted octanol–water partition coefficient (Wildman–Crippen LogP) is 1.40. The summed E-state index contributed by atoms with van der Waals surface area (Å²) in [4.78, 5) is 6.61. The number of morpholine rings is 1. The Bertz CT molecular complexity index is 617. The standard InChI is InChI=1S/C15H19N3O2/c1-10-7-18(8-12(9-19)20-10)15-4-5-17-14-6-11(16)2-3-13(14)15/h2-6,10,12,19H,7-9,16H2,1H3. The molecule has 2 atom stereocenters. The second kappa shape index (κ2) is 5.26. The summed E-state index contributed by atoms with van der Waals surface area (Å²) < 4.78 is 5.69. The zero-order valence-electron chi connectivity index (χ0n) is 11.5. The molecule has 0 spiro atoms. The van der Waals surface area contributed by atoms with Crippen LogP contribution in [0, 0.1) is 0 Å². The highest BCUT2D eigenvalue weighted by Gasteiger charge is 2.25. The Morgan fingerprint density at radius 2 is 2.25 bits per heavy atom. The average Bonchev–Trinajstić information content (AvgIpc) is 2.45. The number of hydrogen-bond donors (Lipinski definition) is 2. The van der Waals surface area contributed by atoms with Crippen molar-refractivity contribution in [2.75, 3.05) is 30.3 Å². The Hall–Kier alpha value is -1.85. The molecular weight excluding hydrogens is 254 g/mol. The molecule has 5 heteroatoms. The molecule has 3 rings (SSSR count). The molecule has 0 saturated carbocycles. The van der Waals surface area contributed by atoms with Gasteiger partial charge in [0.15, 0.2) is 0 Å². The highest BCUT2D eigenvalue weighted by molar-refractivity contribution is 5.93. The van der Waals surface area contributed by atoms with Crippen molar-refractivity contribution < 1.29 is 9.84 Å². The van der Waals surface area contributed by atoms with Gasteiger partial charge in [0, 0.05) is 36.0 Å². The van der Waals surface area contributed by atoms with Crippen LogP contribution in [0.4, 0.5) is 11.4 Å². The topological polar surface area (TPSA) is 71.6 Å². The van der Waals surface area contributed by atoms with Crippen molar-refractivity contribution >= 4 is 22.3 Å². The molecule has 2 aromatic rings. The summed E-state index contributed by atoms with van der Waals surface area (Å²) in [5.74, 6) is 0. The number of pyridine rings is 1. The monoisotopic (exact) mass is 273 g/mol. The highest BCUT2D eigenvalue weighted by atomic mass is 16.5. The molecule has 1 aromatic heterocycles. The minimum atomic E-state index is -0.143. The number of anilines is 2. The van der Waals surface area contributed by atoms with E-state index in [1.165, 1.54) is 0 Å². The van der Waals surface area contributed by atoms with Crippen molar-refractivity contribution in [3.8, 4) is 0 Å². The van der Waals surface area contributed by atoms with Gasteiger partial charge in [-0.15, -0.1) is 0 Å². The number of nitrogen functional groups attached to an aromatic ring is 1. The quantitative estimate of drug-likeness (QED) is 0.809. The maximum absolute atomic E-state index is 9.34. The van der Waals surface area contributed by atoms with Gasteiger partial charge in [-0.05, 0) is 31.2 Å². The molecular formula is C15H19N3O2. The van der Waals surface area contributed by atoms with Crippen LogP contribution in [0.3, 0.4) is 0 Å². The Morgan fingerprint density at radius 3 is 3.05 bits per heavy atom. The van der Waals surface area contributed by atoms with Gasteiger partial charge in [0.1, 0.15) is 0 Å². The lowest BCUT2D eigenvalue weighted by Gasteiger charge is -2.38. The Balaban J connectivity index is 2.01. The van der Waals surface area contributed by atoms with E-state index in [1.54, 1.807) is 6.20 Å². The second-order valence-electron chi connectivity index (χ2n) is 5.26. The van der Waals surface area contributed by atoms with Crippen LogP contribution in [0.25, 0.3) is 10.9 Å². The van der Waals surface area contributed by atoms with Gasteiger partial charge in [0.05, 0.1) is 24.3 Å². The van der Waals surface area contributed by atoms with Crippen LogP contribution in [0.5, 0.6) is 0 Å². The van der Waals surface area contributed by atoms with Crippen molar-refractivity contribution in [1.29, 1.82) is 0 Å². The molecule has 3 N–H and O–H groups in total. The molecule has 20 heavy (non-hydrogen) atoms. The van der Waals surface area contributed by atoms with E-state index in [0.717, 1.165) is 23.1 Å². The van der Waals surface area contributed by atoms with Crippen molar-refractivity contribution in [3.05, 3.63) is 30.5 Å². The van der Waals surface area contributed by atoms with Gasteiger partial charge in [0.25, 0.3) is 0 Å². The first-order valence-electron chi connectivity index (χ1n) is 6.83. The molecule has 0 aliphatic carbocycles. The highest BCUT2D eigenvalue weighted by Crippen LogP contribution is 2.28. The van der Waals surface area contributed by atoms with E-state index in [9.17, 15) is 5.11 Å². The summed E-state index contributed by atoms with van der Waals surface area (Å²) in [5, 5.41) is 10.4. The molecule has 2 unspecified atom stereocenters. The van der Waals surface area contributed by atoms with Crippen LogP contribution in [-0.4, -0.2) is 42.0 Å². The van der Waals surface area contributed by atoms with E-state index in [1.807, 2.05) is 31.2 Å². The van der Waals surface area contributed by atoms with Gasteiger partial charge in [-0.25, -0.2) is 0 Å². The third kappa shape index (κ3) is 2.42. The Labute approximate surface area is 118 Å². The number of fused-ring (bicyclic) bond motifs is 1. The Morgan fingerprint density at radius 1 is 1.40 bits per heavy atom. The van der Waals surface area contributed by atoms with E-state index in [0.29, 0.717) is 12.2 Å². The molecule has 0 radical (unpaired) electrons. The maximum Gasteiger partial charge on any atom is 0.0984 e. The summed E-state index contributed by atoms with van der Waals surface area (Å²) in [6, 6.07) is 7.78. The fraction of sp³-hybridized carbons (Fsp3) is 0.400. The van der Waals surface area contributed by atoms with E-state index in [4.69, 9.17) is 10.5 Å². The summed E-state index contributed by atoms with van der Waals surface area (Å²) in [6.45, 7) is 3.55. The van der Waals surface area contributed by atoms with Crippen LogP contribution in [0.15, 0.2) is 30.5 Å². The summed E-state index contributed by atoms with van der Waals surface area (Å²) in [6.07, 6.45) is 1.75. The molecule has 1 aliphatic rings. The fourth-order valence-electron chi connectivity index (χ4n) is 2.77. The largest absolute Gasteiger partial charge is 0.399 e. The number of nitrogens with two attached hydrogens (primary N) is 1. The number of aliphatic hydroxyl groups excluding tert-OH is 1. The minimum absolute atomic E-state index is 0.0385. The molecule has 1 saturated heterocycles. The lowest BCUT2D eigenvalue weighted by molar-refractivity contribution is -0.0420. The molecule has 1 aliphatic heterocycles. The first kappa shape index (κ1) is 13.1. The molecule has 2 heterocycles. The summed E-state index contributed by atoms with van der Waals surface area (Å²) >= 11 is 0. The molecule has 1 aromatic carbocycles. The normalized spacial score (nSPS) is 23.2. The molecule has 1 fully saturated rings. The van der Waals surface area contributed by atoms with Gasteiger partial charge in [-0.3, -0.25) is 4.98 Å². The van der Waals surface area contributed by atoms with Gasteiger partial charge in [-0.1, -0.05) is 0 Å². The summed E-state index contributed by atoms with van der Waals surface area (Å²) in [7, 11) is 0. The van der Waals surface area contributed by atoms with E-state index in [2.05, 4.69) is 9.88 Å². The Kier molecular flexibility index (Phi) is 3.46. The molecule has 0 amide bonds. The first-order chi connectivity index (χ1) is 9.67. The second-order valence-corrected chi connectivity index (χ2v) is 5.26. The molecule has 106 valence electrons. The van der Waals surface area contributed by atoms with Gasteiger partial charge < -0.3 is 20.5 Å². The zero-order chi connectivity index (χ0) is 14.1. The van der Waals surface area contributed by atoms with Crippen molar-refractivity contribution in [1.82, 2.24) is 4.98 Å². The van der Waals surface area contributed by atoms with Gasteiger partial charge >= 0.3 is 0 Å². The number of nitrogens with zero attached hydrogens (tertiary/aromatic N) is 2. The number of aromatic nitrogens is 1. The molecule has 5 nitrogen and oxygen atoms in total. The van der Waals surface area contributed by atoms with Crippen molar-refractivity contribution in [2.24, 2.45) is 0 Å². The maximum atomic E-state index is 9.34. The van der Waals surface area contributed by atoms with Crippen LogP contribution in [0.2, 0.25) is 0 Å². The van der Waals surface area contributed by atoms with Crippen LogP contribution in [0.1, 0.15) is 6.92 Å². The zero-order valence-corrected chi connectivity index (χ0v) is 11.5. The van der Waals surface area contributed by atoms with Crippen LogP contribution < -0.4 is 10.6 Å². The smallest absolute Gasteiger partial charge is 0.0984 e. The first-order valence-corrected chi connectivity index (χ1v) is 6.83. The van der Waals surface area contributed by atoms with E-state index < -0.39 is 0 Å². The number of benzene rings is 1. The van der Waals surface area contributed by atoms with Crippen molar-refractivity contribution in [3.63, 3.8) is 0 Å². The minimum Gasteiger partial charge on any atom is -0.399 e. The summed E-state index contributed by atoms with van der Waals surface area (Å²) in [5.41, 5.74) is 8.53. The molecule has 0 bridgehead atoms. The van der Waals surface area contributed by atoms with Gasteiger partial charge in [-0.2, -0.15) is 0 Å². The fourth-order valence-corrected chi connectivity index (χ4v) is 2.77. The van der Waals surface area contributed by atoms with E-state index >= 15 is 0 Å².